The van der Waals surface area contributed by atoms with Gasteiger partial charge in [0.15, 0.2) is 11.6 Å². The van der Waals surface area contributed by atoms with Crippen LogP contribution in [0.15, 0.2) is 12.1 Å². The number of esters is 1. The van der Waals surface area contributed by atoms with Gasteiger partial charge in [0.2, 0.25) is 0 Å². The van der Waals surface area contributed by atoms with Crippen molar-refractivity contribution in [2.45, 2.75) is 6.92 Å². The molecule has 0 saturated carbocycles. The SMILES string of the molecule is CCOC(=O)c1c(N)ccc(OC)c1F. The second kappa shape index (κ2) is 4.63. The van der Waals surface area contributed by atoms with E-state index in [2.05, 4.69) is 4.74 Å². The molecule has 0 radical (unpaired) electrons. The highest BCUT2D eigenvalue weighted by Gasteiger charge is 2.20. The van der Waals surface area contributed by atoms with Crippen molar-refractivity contribution in [2.24, 2.45) is 0 Å². The highest BCUT2D eigenvalue weighted by Crippen LogP contribution is 2.25. The Hall–Kier alpha value is -1.78. The van der Waals surface area contributed by atoms with Gasteiger partial charge in [0.05, 0.1) is 13.7 Å². The Morgan fingerprint density at radius 3 is 2.73 bits per heavy atom. The summed E-state index contributed by atoms with van der Waals surface area (Å²) in [4.78, 5) is 11.4. The first-order valence-electron chi connectivity index (χ1n) is 4.40. The maximum atomic E-state index is 13.6. The Kier molecular flexibility index (Phi) is 3.49. The van der Waals surface area contributed by atoms with E-state index in [-0.39, 0.29) is 23.6 Å². The summed E-state index contributed by atoms with van der Waals surface area (Å²) in [6.45, 7) is 1.79. The number of halogens is 1. The van der Waals surface area contributed by atoms with Crippen LogP contribution in [-0.4, -0.2) is 19.7 Å². The second-order valence-electron chi connectivity index (χ2n) is 2.77. The Morgan fingerprint density at radius 1 is 1.53 bits per heavy atom. The third kappa shape index (κ3) is 2.18. The van der Waals surface area contributed by atoms with E-state index in [1.165, 1.54) is 19.2 Å². The normalized spacial score (nSPS) is 9.80. The van der Waals surface area contributed by atoms with E-state index < -0.39 is 11.8 Å². The van der Waals surface area contributed by atoms with Gasteiger partial charge < -0.3 is 15.2 Å². The first kappa shape index (κ1) is 11.3. The Balaban J connectivity index is 3.20. The van der Waals surface area contributed by atoms with E-state index in [4.69, 9.17) is 10.5 Å². The molecule has 0 bridgehead atoms. The second-order valence-corrected chi connectivity index (χ2v) is 2.77. The van der Waals surface area contributed by atoms with Crippen LogP contribution in [0.5, 0.6) is 5.75 Å². The van der Waals surface area contributed by atoms with Crippen LogP contribution in [-0.2, 0) is 4.74 Å². The number of ether oxygens (including phenoxy) is 2. The van der Waals surface area contributed by atoms with Crippen LogP contribution in [0, 0.1) is 5.82 Å². The maximum Gasteiger partial charge on any atom is 0.343 e. The largest absolute Gasteiger partial charge is 0.494 e. The molecule has 1 rings (SSSR count). The Bertz CT molecular complexity index is 379. The molecular formula is C10H12FNO3. The summed E-state index contributed by atoms with van der Waals surface area (Å²) in [5.41, 5.74) is 5.23. The molecule has 0 aromatic heterocycles. The number of nitrogen functional groups attached to an aromatic ring is 1. The summed E-state index contributed by atoms with van der Waals surface area (Å²) < 4.78 is 23.0. The summed E-state index contributed by atoms with van der Waals surface area (Å²) in [5.74, 6) is -1.62. The highest BCUT2D eigenvalue weighted by molar-refractivity contribution is 5.95. The summed E-state index contributed by atoms with van der Waals surface area (Å²) in [5, 5.41) is 0. The van der Waals surface area contributed by atoms with E-state index in [9.17, 15) is 9.18 Å². The van der Waals surface area contributed by atoms with Gasteiger partial charge in [0.1, 0.15) is 5.56 Å². The molecule has 1 aromatic carbocycles. The number of benzene rings is 1. The summed E-state index contributed by atoms with van der Waals surface area (Å²) >= 11 is 0. The fourth-order valence-corrected chi connectivity index (χ4v) is 1.14. The molecule has 0 fully saturated rings. The van der Waals surface area contributed by atoms with Gasteiger partial charge in [-0.1, -0.05) is 0 Å². The number of anilines is 1. The molecule has 0 amide bonds. The van der Waals surface area contributed by atoms with Crippen molar-refractivity contribution in [1.82, 2.24) is 0 Å². The molecule has 15 heavy (non-hydrogen) atoms. The molecule has 2 N–H and O–H groups in total. The zero-order valence-electron chi connectivity index (χ0n) is 8.54. The van der Waals surface area contributed by atoms with Crippen LogP contribution >= 0.6 is 0 Å². The summed E-state index contributed by atoms with van der Waals surface area (Å²) in [6.07, 6.45) is 0. The van der Waals surface area contributed by atoms with Crippen molar-refractivity contribution in [1.29, 1.82) is 0 Å². The van der Waals surface area contributed by atoms with Crippen LogP contribution in [0.3, 0.4) is 0 Å². The van der Waals surface area contributed by atoms with Gasteiger partial charge in [0, 0.05) is 5.69 Å². The molecule has 0 aliphatic rings. The van der Waals surface area contributed by atoms with Crippen molar-refractivity contribution in [3.05, 3.63) is 23.5 Å². The zero-order chi connectivity index (χ0) is 11.4. The molecule has 0 atom stereocenters. The molecule has 5 heteroatoms. The lowest BCUT2D eigenvalue weighted by Crippen LogP contribution is -2.11. The topological polar surface area (TPSA) is 61.5 Å². The fourth-order valence-electron chi connectivity index (χ4n) is 1.14. The molecule has 0 unspecified atom stereocenters. The third-order valence-electron chi connectivity index (χ3n) is 1.84. The molecule has 82 valence electrons. The lowest BCUT2D eigenvalue weighted by molar-refractivity contribution is 0.0521. The molecule has 0 aliphatic carbocycles. The number of methoxy groups -OCH3 is 1. The molecular weight excluding hydrogens is 201 g/mol. The highest BCUT2D eigenvalue weighted by atomic mass is 19.1. The quantitative estimate of drug-likeness (QED) is 0.611. The van der Waals surface area contributed by atoms with E-state index >= 15 is 0 Å². The minimum Gasteiger partial charge on any atom is -0.494 e. The van der Waals surface area contributed by atoms with Crippen molar-refractivity contribution in [2.75, 3.05) is 19.5 Å². The number of carbonyl (C=O) groups is 1. The number of carbonyl (C=O) groups excluding carboxylic acids is 1. The average molecular weight is 213 g/mol. The molecule has 1 aromatic rings. The smallest absolute Gasteiger partial charge is 0.343 e. The zero-order valence-corrected chi connectivity index (χ0v) is 8.54. The predicted molar refractivity (Wildman–Crippen MR) is 53.3 cm³/mol. The molecule has 0 saturated heterocycles. The van der Waals surface area contributed by atoms with Crippen LogP contribution in [0.2, 0.25) is 0 Å². The number of rotatable bonds is 3. The summed E-state index contributed by atoms with van der Waals surface area (Å²) in [7, 11) is 1.31. The van der Waals surface area contributed by atoms with Gasteiger partial charge in [-0.3, -0.25) is 0 Å². The van der Waals surface area contributed by atoms with Crippen LogP contribution in [0.1, 0.15) is 17.3 Å². The van der Waals surface area contributed by atoms with Gasteiger partial charge in [-0.25, -0.2) is 9.18 Å². The van der Waals surface area contributed by atoms with E-state index in [1.54, 1.807) is 6.92 Å². The molecule has 4 nitrogen and oxygen atoms in total. The summed E-state index contributed by atoms with van der Waals surface area (Å²) in [6, 6.07) is 2.75. The van der Waals surface area contributed by atoms with Crippen LogP contribution < -0.4 is 10.5 Å². The minimum absolute atomic E-state index is 0.0340. The maximum absolute atomic E-state index is 13.6. The predicted octanol–water partition coefficient (Wildman–Crippen LogP) is 1.59. The Morgan fingerprint density at radius 2 is 2.20 bits per heavy atom. The lowest BCUT2D eigenvalue weighted by atomic mass is 10.1. The first-order valence-corrected chi connectivity index (χ1v) is 4.40. The average Bonchev–Trinajstić information content (AvgIpc) is 2.18. The number of hydrogen-bond acceptors (Lipinski definition) is 4. The van der Waals surface area contributed by atoms with Gasteiger partial charge in [-0.05, 0) is 19.1 Å². The van der Waals surface area contributed by atoms with E-state index in [0.29, 0.717) is 0 Å². The Labute approximate surface area is 86.8 Å². The third-order valence-corrected chi connectivity index (χ3v) is 1.84. The van der Waals surface area contributed by atoms with E-state index in [1.807, 2.05) is 0 Å². The van der Waals surface area contributed by atoms with Crippen molar-refractivity contribution < 1.29 is 18.7 Å². The molecule has 0 heterocycles. The number of nitrogens with two attached hydrogens (primary N) is 1. The number of hydrogen-bond donors (Lipinski definition) is 1. The van der Waals surface area contributed by atoms with Gasteiger partial charge in [0.25, 0.3) is 0 Å². The minimum atomic E-state index is -0.795. The van der Waals surface area contributed by atoms with Crippen molar-refractivity contribution in [3.8, 4) is 5.75 Å². The molecule has 0 spiro atoms. The van der Waals surface area contributed by atoms with Crippen molar-refractivity contribution >= 4 is 11.7 Å². The van der Waals surface area contributed by atoms with Gasteiger partial charge in [-0.2, -0.15) is 0 Å². The fraction of sp³-hybridized carbons (Fsp3) is 0.300. The standard InChI is InChI=1S/C10H12FNO3/c1-3-15-10(13)8-6(12)4-5-7(14-2)9(8)11/h4-5H,3,12H2,1-2H3. The van der Waals surface area contributed by atoms with Crippen molar-refractivity contribution in [3.63, 3.8) is 0 Å². The van der Waals surface area contributed by atoms with E-state index in [0.717, 1.165) is 0 Å². The lowest BCUT2D eigenvalue weighted by Gasteiger charge is -2.09. The van der Waals surface area contributed by atoms with Gasteiger partial charge in [-0.15, -0.1) is 0 Å². The first-order chi connectivity index (χ1) is 7.11. The monoisotopic (exact) mass is 213 g/mol. The van der Waals surface area contributed by atoms with Gasteiger partial charge >= 0.3 is 5.97 Å². The van der Waals surface area contributed by atoms with Crippen LogP contribution in [0.4, 0.5) is 10.1 Å². The molecule has 0 aliphatic heterocycles. The van der Waals surface area contributed by atoms with Crippen LogP contribution in [0.25, 0.3) is 0 Å².